The molecule has 0 aliphatic carbocycles. The van der Waals surface area contributed by atoms with Gasteiger partial charge in [0.2, 0.25) is 5.91 Å². The maximum Gasteiger partial charge on any atom is 0.303 e. The predicted octanol–water partition coefficient (Wildman–Crippen LogP) is 2.11. The molecule has 1 aliphatic heterocycles. The largest absolute Gasteiger partial charge is 0.481 e. The van der Waals surface area contributed by atoms with Gasteiger partial charge in [-0.1, -0.05) is 0 Å². The molecule has 0 unspecified atom stereocenters. The minimum Gasteiger partial charge on any atom is -0.481 e. The summed E-state index contributed by atoms with van der Waals surface area (Å²) in [6.45, 7) is 0.909. The summed E-state index contributed by atoms with van der Waals surface area (Å²) in [6.07, 6.45) is 0.920. The number of halogens is 1. The standard InChI is InChI=1S/C16H18FNO4/c17-13-3-1-11(2-4-13)16(22)12-7-9-18(10-8-12)14(19)5-6-15(20)21/h1-4,12H,5-10H2,(H,20,21). The van der Waals surface area contributed by atoms with Crippen LogP contribution in [0.2, 0.25) is 0 Å². The van der Waals surface area contributed by atoms with Crippen LogP contribution in [0.15, 0.2) is 24.3 Å². The van der Waals surface area contributed by atoms with E-state index in [1.807, 2.05) is 0 Å². The van der Waals surface area contributed by atoms with Gasteiger partial charge in [-0.05, 0) is 37.1 Å². The summed E-state index contributed by atoms with van der Waals surface area (Å²) in [5.41, 5.74) is 0.483. The molecule has 1 amide bonds. The van der Waals surface area contributed by atoms with Gasteiger partial charge in [0.25, 0.3) is 0 Å². The Hall–Kier alpha value is -2.24. The first-order chi connectivity index (χ1) is 10.5. The van der Waals surface area contributed by atoms with E-state index in [4.69, 9.17) is 5.11 Å². The van der Waals surface area contributed by atoms with Crippen LogP contribution in [0, 0.1) is 11.7 Å². The van der Waals surface area contributed by atoms with Gasteiger partial charge < -0.3 is 10.0 Å². The number of hydrogen-bond acceptors (Lipinski definition) is 3. The molecule has 2 rings (SSSR count). The number of benzene rings is 1. The quantitative estimate of drug-likeness (QED) is 0.845. The summed E-state index contributed by atoms with van der Waals surface area (Å²) < 4.78 is 12.9. The molecule has 22 heavy (non-hydrogen) atoms. The average Bonchev–Trinajstić information content (AvgIpc) is 2.53. The zero-order valence-electron chi connectivity index (χ0n) is 12.1. The number of amides is 1. The topological polar surface area (TPSA) is 74.7 Å². The van der Waals surface area contributed by atoms with E-state index in [1.165, 1.54) is 24.3 Å². The molecular weight excluding hydrogens is 289 g/mol. The highest BCUT2D eigenvalue weighted by Crippen LogP contribution is 2.22. The number of Topliss-reactive ketones (excluding diaryl/α,β-unsaturated/α-hetero) is 1. The number of carboxylic acid groups (broad SMARTS) is 1. The molecule has 1 aliphatic rings. The molecule has 1 heterocycles. The minimum atomic E-state index is -0.991. The van der Waals surface area contributed by atoms with Crippen molar-refractivity contribution in [2.75, 3.05) is 13.1 Å². The molecule has 1 saturated heterocycles. The molecule has 6 heteroatoms. The zero-order valence-corrected chi connectivity index (χ0v) is 12.1. The number of rotatable bonds is 5. The van der Waals surface area contributed by atoms with E-state index in [1.54, 1.807) is 4.90 Å². The second-order valence-electron chi connectivity index (χ2n) is 5.42. The monoisotopic (exact) mass is 307 g/mol. The van der Waals surface area contributed by atoms with Crippen molar-refractivity contribution >= 4 is 17.7 Å². The maximum atomic E-state index is 12.9. The van der Waals surface area contributed by atoms with E-state index in [0.29, 0.717) is 31.5 Å². The van der Waals surface area contributed by atoms with Crippen molar-refractivity contribution in [3.8, 4) is 0 Å². The molecular formula is C16H18FNO4. The zero-order chi connectivity index (χ0) is 16.1. The van der Waals surface area contributed by atoms with Gasteiger partial charge >= 0.3 is 5.97 Å². The minimum absolute atomic E-state index is 0.00803. The van der Waals surface area contributed by atoms with Crippen molar-refractivity contribution in [1.82, 2.24) is 4.90 Å². The van der Waals surface area contributed by atoms with Crippen LogP contribution in [-0.2, 0) is 9.59 Å². The van der Waals surface area contributed by atoms with Crippen molar-refractivity contribution in [2.45, 2.75) is 25.7 Å². The van der Waals surface area contributed by atoms with Crippen LogP contribution >= 0.6 is 0 Å². The van der Waals surface area contributed by atoms with Crippen molar-refractivity contribution in [1.29, 1.82) is 0 Å². The van der Waals surface area contributed by atoms with Crippen LogP contribution in [0.3, 0.4) is 0 Å². The van der Waals surface area contributed by atoms with Crippen LogP contribution in [-0.4, -0.2) is 40.8 Å². The van der Waals surface area contributed by atoms with Crippen LogP contribution < -0.4 is 0 Å². The first-order valence-electron chi connectivity index (χ1n) is 7.26. The third-order valence-electron chi connectivity index (χ3n) is 3.90. The second-order valence-corrected chi connectivity index (χ2v) is 5.42. The molecule has 1 fully saturated rings. The number of likely N-dealkylation sites (tertiary alicyclic amines) is 1. The van der Waals surface area contributed by atoms with Gasteiger partial charge in [0, 0.05) is 31.0 Å². The molecule has 0 radical (unpaired) electrons. The van der Waals surface area contributed by atoms with Crippen LogP contribution in [0.5, 0.6) is 0 Å². The van der Waals surface area contributed by atoms with Crippen LogP contribution in [0.1, 0.15) is 36.0 Å². The number of carbonyl (C=O) groups excluding carboxylic acids is 2. The molecule has 0 spiro atoms. The lowest BCUT2D eigenvalue weighted by Gasteiger charge is -2.31. The average molecular weight is 307 g/mol. The summed E-state index contributed by atoms with van der Waals surface area (Å²) in [5.74, 6) is -1.76. The molecule has 1 aromatic rings. The fourth-order valence-electron chi connectivity index (χ4n) is 2.61. The normalized spacial score (nSPS) is 15.6. The highest BCUT2D eigenvalue weighted by molar-refractivity contribution is 5.98. The van der Waals surface area contributed by atoms with Crippen LogP contribution in [0.4, 0.5) is 4.39 Å². The fraction of sp³-hybridized carbons (Fsp3) is 0.438. The second kappa shape index (κ2) is 7.15. The Morgan fingerprint density at radius 1 is 1.09 bits per heavy atom. The van der Waals surface area contributed by atoms with Crippen molar-refractivity contribution in [2.24, 2.45) is 5.92 Å². The molecule has 1 N–H and O–H groups in total. The number of carboxylic acids is 1. The first kappa shape index (κ1) is 16.1. The van der Waals surface area contributed by atoms with E-state index in [2.05, 4.69) is 0 Å². The van der Waals surface area contributed by atoms with Gasteiger partial charge in [0.15, 0.2) is 5.78 Å². The summed E-state index contributed by atoms with van der Waals surface area (Å²) in [5, 5.41) is 8.58. The van der Waals surface area contributed by atoms with Crippen molar-refractivity contribution < 1.29 is 23.9 Å². The van der Waals surface area contributed by atoms with E-state index >= 15 is 0 Å². The molecule has 0 atom stereocenters. The third-order valence-corrected chi connectivity index (χ3v) is 3.90. The summed E-state index contributed by atoms with van der Waals surface area (Å²) in [7, 11) is 0. The number of piperidine rings is 1. The van der Waals surface area contributed by atoms with Gasteiger partial charge in [0.1, 0.15) is 5.82 Å². The molecule has 5 nitrogen and oxygen atoms in total. The molecule has 0 saturated carbocycles. The summed E-state index contributed by atoms with van der Waals surface area (Å²) in [6, 6.07) is 5.47. The Bertz CT molecular complexity index is 562. The molecule has 1 aromatic carbocycles. The number of nitrogens with zero attached hydrogens (tertiary/aromatic N) is 1. The predicted molar refractivity (Wildman–Crippen MR) is 76.9 cm³/mol. The van der Waals surface area contributed by atoms with Crippen molar-refractivity contribution in [3.63, 3.8) is 0 Å². The number of aliphatic carboxylic acids is 1. The number of ketones is 1. The summed E-state index contributed by atoms with van der Waals surface area (Å²) >= 11 is 0. The molecule has 0 aromatic heterocycles. The molecule has 0 bridgehead atoms. The Labute approximate surface area is 127 Å². The lowest BCUT2D eigenvalue weighted by atomic mass is 9.89. The van der Waals surface area contributed by atoms with E-state index in [9.17, 15) is 18.8 Å². The van der Waals surface area contributed by atoms with E-state index < -0.39 is 5.97 Å². The number of hydrogen-bond donors (Lipinski definition) is 1. The number of carbonyl (C=O) groups is 3. The Kier molecular flexibility index (Phi) is 5.25. The Morgan fingerprint density at radius 2 is 1.68 bits per heavy atom. The van der Waals surface area contributed by atoms with Gasteiger partial charge in [0.05, 0.1) is 6.42 Å². The molecule has 118 valence electrons. The Morgan fingerprint density at radius 3 is 2.23 bits per heavy atom. The van der Waals surface area contributed by atoms with Gasteiger partial charge in [-0.15, -0.1) is 0 Å². The van der Waals surface area contributed by atoms with Gasteiger partial charge in [-0.25, -0.2) is 4.39 Å². The van der Waals surface area contributed by atoms with Gasteiger partial charge in [-0.2, -0.15) is 0 Å². The van der Waals surface area contributed by atoms with Gasteiger partial charge in [-0.3, -0.25) is 14.4 Å². The highest BCUT2D eigenvalue weighted by Gasteiger charge is 2.27. The van der Waals surface area contributed by atoms with Crippen molar-refractivity contribution in [3.05, 3.63) is 35.6 Å². The lowest BCUT2D eigenvalue weighted by molar-refractivity contribution is -0.141. The third kappa shape index (κ3) is 4.13. The highest BCUT2D eigenvalue weighted by atomic mass is 19.1. The lowest BCUT2D eigenvalue weighted by Crippen LogP contribution is -2.40. The Balaban J connectivity index is 1.86. The first-order valence-corrected chi connectivity index (χ1v) is 7.26. The maximum absolute atomic E-state index is 12.9. The summed E-state index contributed by atoms with van der Waals surface area (Å²) in [4.78, 5) is 36.2. The van der Waals surface area contributed by atoms with Crippen LogP contribution in [0.25, 0.3) is 0 Å². The fourth-order valence-corrected chi connectivity index (χ4v) is 2.61. The van der Waals surface area contributed by atoms with E-state index in [-0.39, 0.29) is 36.3 Å². The SMILES string of the molecule is O=C(O)CCC(=O)N1CCC(C(=O)c2ccc(F)cc2)CC1. The smallest absolute Gasteiger partial charge is 0.303 e. The van der Waals surface area contributed by atoms with E-state index in [0.717, 1.165) is 0 Å².